The van der Waals surface area contributed by atoms with Gasteiger partial charge in [-0.15, -0.1) is 0 Å². The van der Waals surface area contributed by atoms with Gasteiger partial charge in [0.05, 0.1) is 6.26 Å². The summed E-state index contributed by atoms with van der Waals surface area (Å²) in [5.74, 6) is 1.85. The van der Waals surface area contributed by atoms with Crippen LogP contribution in [0.5, 0.6) is 0 Å². The van der Waals surface area contributed by atoms with Gasteiger partial charge in [0, 0.05) is 19.0 Å². The van der Waals surface area contributed by atoms with E-state index in [1.165, 1.54) is 25.9 Å². The van der Waals surface area contributed by atoms with E-state index in [2.05, 4.69) is 31.4 Å². The van der Waals surface area contributed by atoms with Crippen LogP contribution in [0, 0.1) is 11.3 Å². The van der Waals surface area contributed by atoms with E-state index in [4.69, 9.17) is 4.42 Å². The van der Waals surface area contributed by atoms with Crippen LogP contribution in [0.1, 0.15) is 39.4 Å². The molecule has 2 N–H and O–H groups in total. The van der Waals surface area contributed by atoms with Crippen molar-refractivity contribution in [2.75, 3.05) is 19.6 Å². The first-order chi connectivity index (χ1) is 9.08. The zero-order chi connectivity index (χ0) is 13.7. The molecule has 0 amide bonds. The van der Waals surface area contributed by atoms with Crippen molar-refractivity contribution in [1.29, 1.82) is 0 Å². The van der Waals surface area contributed by atoms with Crippen molar-refractivity contribution in [3.63, 3.8) is 0 Å². The van der Waals surface area contributed by atoms with Gasteiger partial charge in [-0.25, -0.2) is 0 Å². The smallest absolute Gasteiger partial charge is 0.105 e. The van der Waals surface area contributed by atoms with E-state index in [1.54, 1.807) is 6.26 Å². The summed E-state index contributed by atoms with van der Waals surface area (Å²) in [6, 6.07) is 4.47. The molecule has 1 aliphatic rings. The Hall–Kier alpha value is -0.800. The van der Waals surface area contributed by atoms with E-state index < -0.39 is 0 Å². The van der Waals surface area contributed by atoms with Crippen molar-refractivity contribution >= 4 is 0 Å². The number of piperidine rings is 1. The summed E-state index contributed by atoms with van der Waals surface area (Å²) >= 11 is 0. The molecule has 0 spiro atoms. The molecule has 1 fully saturated rings. The zero-order valence-electron chi connectivity index (χ0n) is 12.5. The first-order valence-corrected chi connectivity index (χ1v) is 7.54. The summed E-state index contributed by atoms with van der Waals surface area (Å²) in [7, 11) is 0. The minimum Gasteiger partial charge on any atom is -0.469 e. The predicted octanol–water partition coefficient (Wildman–Crippen LogP) is 2.83. The Morgan fingerprint density at radius 1 is 1.53 bits per heavy atom. The summed E-state index contributed by atoms with van der Waals surface area (Å²) in [6.07, 6.45) is 5.38. The zero-order valence-corrected chi connectivity index (χ0v) is 12.5. The Morgan fingerprint density at radius 3 is 3.00 bits per heavy atom. The van der Waals surface area contributed by atoms with Gasteiger partial charge >= 0.3 is 0 Å². The molecule has 2 heterocycles. The average molecular weight is 264 g/mol. The molecule has 108 valence electrons. The van der Waals surface area contributed by atoms with E-state index in [-0.39, 0.29) is 0 Å². The molecule has 19 heavy (non-hydrogen) atoms. The fourth-order valence-corrected chi connectivity index (χ4v) is 2.90. The van der Waals surface area contributed by atoms with Crippen LogP contribution < -0.4 is 10.6 Å². The number of nitrogens with one attached hydrogen (secondary N) is 2. The van der Waals surface area contributed by atoms with Crippen LogP contribution in [0.4, 0.5) is 0 Å². The minimum atomic E-state index is 0.352. The highest BCUT2D eigenvalue weighted by Gasteiger charge is 2.30. The van der Waals surface area contributed by atoms with E-state index >= 15 is 0 Å². The van der Waals surface area contributed by atoms with Crippen LogP contribution in [0.3, 0.4) is 0 Å². The van der Waals surface area contributed by atoms with Crippen LogP contribution in [0.25, 0.3) is 0 Å². The summed E-state index contributed by atoms with van der Waals surface area (Å²) < 4.78 is 5.40. The number of hydrogen-bond donors (Lipinski definition) is 2. The molecule has 0 aromatic carbocycles. The molecule has 0 radical (unpaired) electrons. The Bertz CT molecular complexity index is 353. The normalized spacial score (nSPS) is 22.4. The van der Waals surface area contributed by atoms with Crippen molar-refractivity contribution in [3.8, 4) is 0 Å². The van der Waals surface area contributed by atoms with Crippen molar-refractivity contribution in [2.24, 2.45) is 11.3 Å². The maximum Gasteiger partial charge on any atom is 0.105 e. The largest absolute Gasteiger partial charge is 0.469 e. The minimum absolute atomic E-state index is 0.352. The second kappa shape index (κ2) is 6.58. The topological polar surface area (TPSA) is 37.2 Å². The van der Waals surface area contributed by atoms with E-state index in [1.807, 2.05) is 12.1 Å². The quantitative estimate of drug-likeness (QED) is 0.829. The molecule has 1 aliphatic heterocycles. The monoisotopic (exact) mass is 264 g/mol. The molecule has 1 aromatic heterocycles. The Morgan fingerprint density at radius 2 is 2.37 bits per heavy atom. The first-order valence-electron chi connectivity index (χ1n) is 7.54. The van der Waals surface area contributed by atoms with Crippen LogP contribution in [0.15, 0.2) is 22.8 Å². The summed E-state index contributed by atoms with van der Waals surface area (Å²) in [5.41, 5.74) is 0.352. The van der Waals surface area contributed by atoms with Gasteiger partial charge in [-0.1, -0.05) is 13.8 Å². The van der Waals surface area contributed by atoms with Gasteiger partial charge in [0.2, 0.25) is 0 Å². The number of furan rings is 1. The van der Waals surface area contributed by atoms with Gasteiger partial charge in [0.15, 0.2) is 0 Å². The molecule has 1 saturated heterocycles. The van der Waals surface area contributed by atoms with Crippen LogP contribution in [-0.2, 0) is 6.42 Å². The lowest BCUT2D eigenvalue weighted by Gasteiger charge is -2.38. The Balaban J connectivity index is 1.76. The van der Waals surface area contributed by atoms with E-state index in [9.17, 15) is 0 Å². The predicted molar refractivity (Wildman–Crippen MR) is 79.3 cm³/mol. The van der Waals surface area contributed by atoms with Crippen molar-refractivity contribution in [2.45, 2.75) is 46.1 Å². The number of rotatable bonds is 6. The van der Waals surface area contributed by atoms with Gasteiger partial charge in [-0.2, -0.15) is 0 Å². The van der Waals surface area contributed by atoms with Gasteiger partial charge < -0.3 is 15.1 Å². The maximum absolute atomic E-state index is 5.40. The van der Waals surface area contributed by atoms with Gasteiger partial charge in [0.25, 0.3) is 0 Å². The fourth-order valence-electron chi connectivity index (χ4n) is 2.90. The molecular formula is C16H28N2O. The van der Waals surface area contributed by atoms with E-state index in [0.29, 0.717) is 11.5 Å². The lowest BCUT2D eigenvalue weighted by molar-refractivity contribution is 0.161. The third-order valence-corrected chi connectivity index (χ3v) is 4.40. The van der Waals surface area contributed by atoms with Gasteiger partial charge in [-0.05, 0) is 56.3 Å². The number of hydrogen-bond acceptors (Lipinski definition) is 3. The standard InChI is InChI=1S/C16H28N2O/c1-13(10-15-7-5-9-19-15)18-12-16(2,3)14-6-4-8-17-11-14/h5,7,9,13-14,17-18H,4,6,8,10-12H2,1-3H3. The highest BCUT2D eigenvalue weighted by atomic mass is 16.3. The molecule has 0 saturated carbocycles. The second-order valence-electron chi connectivity index (χ2n) is 6.60. The SMILES string of the molecule is CC(Cc1ccco1)NCC(C)(C)C1CCCNC1. The summed E-state index contributed by atoms with van der Waals surface area (Å²) in [6.45, 7) is 10.4. The fraction of sp³-hybridized carbons (Fsp3) is 0.750. The second-order valence-corrected chi connectivity index (χ2v) is 6.60. The molecule has 1 aromatic rings. The van der Waals surface area contributed by atoms with Crippen molar-refractivity contribution in [1.82, 2.24) is 10.6 Å². The third kappa shape index (κ3) is 4.36. The molecule has 0 bridgehead atoms. The molecular weight excluding hydrogens is 236 g/mol. The highest BCUT2D eigenvalue weighted by Crippen LogP contribution is 2.31. The lowest BCUT2D eigenvalue weighted by Crippen LogP contribution is -2.45. The Kier molecular flexibility index (Phi) is 5.06. The van der Waals surface area contributed by atoms with Crippen LogP contribution >= 0.6 is 0 Å². The van der Waals surface area contributed by atoms with Crippen molar-refractivity contribution in [3.05, 3.63) is 24.2 Å². The molecule has 3 heteroatoms. The van der Waals surface area contributed by atoms with Crippen LogP contribution in [-0.4, -0.2) is 25.7 Å². The molecule has 2 atom stereocenters. The van der Waals surface area contributed by atoms with Crippen LogP contribution in [0.2, 0.25) is 0 Å². The van der Waals surface area contributed by atoms with Crippen molar-refractivity contribution < 1.29 is 4.42 Å². The van der Waals surface area contributed by atoms with E-state index in [0.717, 1.165) is 24.6 Å². The van der Waals surface area contributed by atoms with Gasteiger partial charge in [0.1, 0.15) is 5.76 Å². The summed E-state index contributed by atoms with van der Waals surface area (Å²) in [4.78, 5) is 0. The molecule has 2 rings (SSSR count). The maximum atomic E-state index is 5.40. The Labute approximate surface area is 117 Å². The highest BCUT2D eigenvalue weighted by molar-refractivity contribution is 5.00. The molecule has 2 unspecified atom stereocenters. The van der Waals surface area contributed by atoms with Gasteiger partial charge in [-0.3, -0.25) is 0 Å². The first kappa shape index (κ1) is 14.6. The molecule has 0 aliphatic carbocycles. The average Bonchev–Trinajstić information content (AvgIpc) is 2.90. The molecule has 3 nitrogen and oxygen atoms in total. The lowest BCUT2D eigenvalue weighted by atomic mass is 9.75. The third-order valence-electron chi connectivity index (χ3n) is 4.40. The summed E-state index contributed by atoms with van der Waals surface area (Å²) in [5, 5.41) is 7.19.